The lowest BCUT2D eigenvalue weighted by Crippen LogP contribution is -2.17. The quantitative estimate of drug-likeness (QED) is 0.773. The van der Waals surface area contributed by atoms with Crippen molar-refractivity contribution in [2.24, 2.45) is 5.73 Å². The number of benzene rings is 1. The maximum absolute atomic E-state index is 12.6. The van der Waals surface area contributed by atoms with Crippen LogP contribution in [-0.4, -0.2) is 0 Å². The van der Waals surface area contributed by atoms with E-state index < -0.39 is 29.5 Å². The van der Waals surface area contributed by atoms with Gasteiger partial charge < -0.3 is 5.73 Å². The van der Waals surface area contributed by atoms with Gasteiger partial charge in [0.15, 0.2) is 0 Å². The van der Waals surface area contributed by atoms with Crippen LogP contribution in [0, 0.1) is 0 Å². The van der Waals surface area contributed by atoms with E-state index in [1.165, 1.54) is 6.92 Å². The van der Waals surface area contributed by atoms with Crippen molar-refractivity contribution in [1.29, 1.82) is 0 Å². The van der Waals surface area contributed by atoms with Gasteiger partial charge in [-0.2, -0.15) is 26.3 Å². The Balaban J connectivity index is 0.00000289. The summed E-state index contributed by atoms with van der Waals surface area (Å²) in [7, 11) is 0. The molecule has 0 fully saturated rings. The summed E-state index contributed by atoms with van der Waals surface area (Å²) in [5, 5.41) is 0. The second kappa shape index (κ2) is 5.36. The summed E-state index contributed by atoms with van der Waals surface area (Å²) in [6, 6.07) is 0.442. The molecule has 0 aromatic heterocycles. The monoisotopic (exact) mass is 293 g/mol. The Morgan fingerprint density at radius 3 is 1.83 bits per heavy atom. The third-order valence-electron chi connectivity index (χ3n) is 2.18. The zero-order chi connectivity index (χ0) is 13.4. The molecule has 0 spiro atoms. The van der Waals surface area contributed by atoms with E-state index >= 15 is 0 Å². The van der Waals surface area contributed by atoms with E-state index in [0.29, 0.717) is 6.07 Å². The first-order chi connectivity index (χ1) is 7.53. The summed E-state index contributed by atoms with van der Waals surface area (Å²) < 4.78 is 74.5. The Bertz CT molecular complexity index is 410. The summed E-state index contributed by atoms with van der Waals surface area (Å²) in [5.41, 5.74) is 2.25. The molecule has 0 amide bonds. The molecule has 1 rings (SSSR count). The first-order valence-corrected chi connectivity index (χ1v) is 4.57. The number of alkyl halides is 6. The van der Waals surface area contributed by atoms with Gasteiger partial charge in [-0.05, 0) is 24.6 Å². The van der Waals surface area contributed by atoms with E-state index in [-0.39, 0.29) is 24.0 Å². The zero-order valence-electron chi connectivity index (χ0n) is 9.06. The van der Waals surface area contributed by atoms with Crippen LogP contribution in [0.1, 0.15) is 29.7 Å². The summed E-state index contributed by atoms with van der Waals surface area (Å²) >= 11 is 0. The van der Waals surface area contributed by atoms with E-state index in [0.717, 1.165) is 6.07 Å². The van der Waals surface area contributed by atoms with Gasteiger partial charge in [-0.25, -0.2) is 0 Å². The average molecular weight is 294 g/mol. The Labute approximate surface area is 105 Å². The van der Waals surface area contributed by atoms with Crippen molar-refractivity contribution in [3.63, 3.8) is 0 Å². The highest BCUT2D eigenvalue weighted by Gasteiger charge is 2.38. The normalized spacial score (nSPS) is 14.0. The SMILES string of the molecule is C[C@@H](N)c1ccc(C(F)(F)F)cc1C(F)(F)F.Cl. The highest BCUT2D eigenvalue weighted by atomic mass is 35.5. The number of rotatable bonds is 1. The van der Waals surface area contributed by atoms with E-state index in [2.05, 4.69) is 0 Å². The van der Waals surface area contributed by atoms with Crippen LogP contribution < -0.4 is 5.73 Å². The first-order valence-electron chi connectivity index (χ1n) is 4.57. The van der Waals surface area contributed by atoms with E-state index in [4.69, 9.17) is 5.73 Å². The lowest BCUT2D eigenvalue weighted by molar-refractivity contribution is -0.143. The standard InChI is InChI=1S/C10H9F6N.ClH/c1-5(17)7-3-2-6(9(11,12)13)4-8(7)10(14,15)16;/h2-5H,17H2,1H3;1H/t5-;/m1./s1. The van der Waals surface area contributed by atoms with E-state index in [9.17, 15) is 26.3 Å². The number of nitrogens with two attached hydrogens (primary N) is 1. The second-order valence-corrected chi connectivity index (χ2v) is 3.59. The van der Waals surface area contributed by atoms with Crippen LogP contribution in [0.15, 0.2) is 18.2 Å². The molecule has 0 aliphatic rings. The largest absolute Gasteiger partial charge is 0.416 e. The molecule has 0 unspecified atom stereocenters. The molecule has 1 aromatic rings. The van der Waals surface area contributed by atoms with Gasteiger partial charge in [-0.3, -0.25) is 0 Å². The molecule has 1 nitrogen and oxygen atoms in total. The van der Waals surface area contributed by atoms with Gasteiger partial charge >= 0.3 is 12.4 Å². The molecule has 2 N–H and O–H groups in total. The van der Waals surface area contributed by atoms with Gasteiger partial charge in [0.05, 0.1) is 11.1 Å². The van der Waals surface area contributed by atoms with Gasteiger partial charge in [0.1, 0.15) is 0 Å². The van der Waals surface area contributed by atoms with Crippen molar-refractivity contribution in [2.45, 2.75) is 25.3 Å². The minimum Gasteiger partial charge on any atom is -0.324 e. The third-order valence-corrected chi connectivity index (χ3v) is 2.18. The number of hydrogen-bond donors (Lipinski definition) is 1. The minimum absolute atomic E-state index is 0. The molecule has 0 aliphatic heterocycles. The minimum atomic E-state index is -4.86. The molecule has 1 aromatic carbocycles. The summed E-state index contributed by atoms with van der Waals surface area (Å²) in [6.07, 6.45) is -9.67. The summed E-state index contributed by atoms with van der Waals surface area (Å²) in [6.45, 7) is 1.28. The van der Waals surface area contributed by atoms with Crippen LogP contribution in [0.4, 0.5) is 26.3 Å². The number of hydrogen-bond acceptors (Lipinski definition) is 1. The molecule has 0 saturated heterocycles. The number of halogens is 7. The smallest absolute Gasteiger partial charge is 0.324 e. The third kappa shape index (κ3) is 3.78. The fourth-order valence-electron chi connectivity index (χ4n) is 1.38. The average Bonchev–Trinajstić information content (AvgIpc) is 2.14. The van der Waals surface area contributed by atoms with Crippen molar-refractivity contribution in [1.82, 2.24) is 0 Å². The molecule has 0 aliphatic carbocycles. The van der Waals surface area contributed by atoms with Crippen LogP contribution in [-0.2, 0) is 12.4 Å². The van der Waals surface area contributed by atoms with Gasteiger partial charge in [0.25, 0.3) is 0 Å². The van der Waals surface area contributed by atoms with Gasteiger partial charge in [0, 0.05) is 6.04 Å². The molecule has 0 saturated carbocycles. The summed E-state index contributed by atoms with van der Waals surface area (Å²) in [4.78, 5) is 0. The zero-order valence-corrected chi connectivity index (χ0v) is 9.88. The molecule has 8 heteroatoms. The van der Waals surface area contributed by atoms with Crippen molar-refractivity contribution >= 4 is 12.4 Å². The maximum atomic E-state index is 12.6. The second-order valence-electron chi connectivity index (χ2n) is 3.59. The Hall–Kier alpha value is -0.950. The predicted molar refractivity (Wildman–Crippen MR) is 56.3 cm³/mol. The molecular weight excluding hydrogens is 284 g/mol. The van der Waals surface area contributed by atoms with Crippen molar-refractivity contribution in [2.75, 3.05) is 0 Å². The lowest BCUT2D eigenvalue weighted by atomic mass is 9.98. The maximum Gasteiger partial charge on any atom is 0.416 e. The van der Waals surface area contributed by atoms with Crippen molar-refractivity contribution in [3.8, 4) is 0 Å². The summed E-state index contributed by atoms with van der Waals surface area (Å²) in [5.74, 6) is 0. The van der Waals surface area contributed by atoms with Crippen molar-refractivity contribution < 1.29 is 26.3 Å². The van der Waals surface area contributed by atoms with Gasteiger partial charge in [-0.15, -0.1) is 12.4 Å². The van der Waals surface area contributed by atoms with Crippen LogP contribution in [0.2, 0.25) is 0 Å². The topological polar surface area (TPSA) is 26.0 Å². The van der Waals surface area contributed by atoms with E-state index in [1.807, 2.05) is 0 Å². The van der Waals surface area contributed by atoms with Crippen LogP contribution in [0.25, 0.3) is 0 Å². The van der Waals surface area contributed by atoms with E-state index in [1.54, 1.807) is 0 Å². The van der Waals surface area contributed by atoms with Crippen LogP contribution >= 0.6 is 12.4 Å². The van der Waals surface area contributed by atoms with Gasteiger partial charge in [0.2, 0.25) is 0 Å². The Morgan fingerprint density at radius 1 is 1.00 bits per heavy atom. The molecular formula is C10H10ClF6N. The van der Waals surface area contributed by atoms with Crippen molar-refractivity contribution in [3.05, 3.63) is 34.9 Å². The highest BCUT2D eigenvalue weighted by Crippen LogP contribution is 2.38. The van der Waals surface area contributed by atoms with Crippen LogP contribution in [0.5, 0.6) is 0 Å². The molecule has 0 heterocycles. The molecule has 0 bridgehead atoms. The van der Waals surface area contributed by atoms with Crippen LogP contribution in [0.3, 0.4) is 0 Å². The fraction of sp³-hybridized carbons (Fsp3) is 0.400. The first kappa shape index (κ1) is 17.1. The molecule has 1 atom stereocenters. The Kier molecular flexibility index (Phi) is 5.07. The fourth-order valence-corrected chi connectivity index (χ4v) is 1.38. The highest BCUT2D eigenvalue weighted by molar-refractivity contribution is 5.85. The predicted octanol–water partition coefficient (Wildman–Crippen LogP) is 4.17. The molecule has 18 heavy (non-hydrogen) atoms. The molecule has 0 radical (unpaired) electrons. The Morgan fingerprint density at radius 2 is 1.50 bits per heavy atom. The molecule has 104 valence electrons. The van der Waals surface area contributed by atoms with Gasteiger partial charge in [-0.1, -0.05) is 6.07 Å². The lowest BCUT2D eigenvalue weighted by Gasteiger charge is -2.17.